The molecule has 2 N–H and O–H groups in total. The van der Waals surface area contributed by atoms with E-state index in [4.69, 9.17) is 19.5 Å². The van der Waals surface area contributed by atoms with Crippen molar-refractivity contribution in [3.05, 3.63) is 131 Å². The normalized spacial score (nSPS) is 10.1. The van der Waals surface area contributed by atoms with Gasteiger partial charge in [0.15, 0.2) is 0 Å². The number of rotatable bonds is 6. The molecule has 0 bridgehead atoms. The minimum atomic E-state index is -1.37. The number of hydrogen-bond acceptors (Lipinski definition) is 6. The number of hydrogen-bond donors (Lipinski definition) is 2. The molecule has 244 valence electrons. The minimum absolute atomic E-state index is 0. The van der Waals surface area contributed by atoms with Crippen molar-refractivity contribution in [3.63, 3.8) is 0 Å². The first kappa shape index (κ1) is 39.7. The van der Waals surface area contributed by atoms with Crippen LogP contribution in [-0.4, -0.2) is 31.4 Å². The quantitative estimate of drug-likeness (QED) is 0.163. The SMILES string of the molecule is C.COc1ccc(-c2sc(-c3ccc(Br)cc3)cc2Br)cc1.COc1ccc(-c2sc(Br)cc2Br)cc1.OB(O)c1ccc(Br)cc1. The van der Waals surface area contributed by atoms with Gasteiger partial charge in [0.1, 0.15) is 11.5 Å². The maximum Gasteiger partial charge on any atom is 0.488 e. The zero-order valence-corrected chi connectivity index (χ0v) is 33.9. The van der Waals surface area contributed by atoms with Gasteiger partial charge in [0, 0.05) is 32.5 Å². The van der Waals surface area contributed by atoms with Gasteiger partial charge in [-0.15, -0.1) is 22.7 Å². The Labute approximate surface area is 326 Å². The summed E-state index contributed by atoms with van der Waals surface area (Å²) in [6.45, 7) is 0. The largest absolute Gasteiger partial charge is 0.497 e. The molecule has 47 heavy (non-hydrogen) atoms. The lowest BCUT2D eigenvalue weighted by molar-refractivity contribution is 0.415. The van der Waals surface area contributed by atoms with Gasteiger partial charge in [-0.3, -0.25) is 0 Å². The third-order valence-corrected chi connectivity index (χ3v) is 12.1. The van der Waals surface area contributed by atoms with Crippen molar-refractivity contribution in [1.82, 2.24) is 0 Å². The lowest BCUT2D eigenvalue weighted by Gasteiger charge is -2.02. The molecule has 0 atom stereocenters. The van der Waals surface area contributed by atoms with E-state index < -0.39 is 7.12 Å². The molecule has 0 aliphatic carbocycles. The van der Waals surface area contributed by atoms with Gasteiger partial charge in [-0.2, -0.15) is 0 Å². The van der Waals surface area contributed by atoms with Gasteiger partial charge in [0.25, 0.3) is 0 Å². The van der Waals surface area contributed by atoms with Gasteiger partial charge in [-0.1, -0.05) is 63.6 Å². The van der Waals surface area contributed by atoms with Crippen molar-refractivity contribution in [1.29, 1.82) is 0 Å². The first-order valence-corrected chi connectivity index (χ1v) is 19.1. The van der Waals surface area contributed by atoms with E-state index in [-0.39, 0.29) is 7.43 Å². The topological polar surface area (TPSA) is 58.9 Å². The van der Waals surface area contributed by atoms with Crippen molar-refractivity contribution in [2.75, 3.05) is 14.2 Å². The van der Waals surface area contributed by atoms with E-state index in [1.807, 2.05) is 24.3 Å². The molecular formula is C35H30BBr5O4S2. The fourth-order valence-electron chi connectivity index (χ4n) is 3.98. The van der Waals surface area contributed by atoms with Crippen LogP contribution in [0.3, 0.4) is 0 Å². The summed E-state index contributed by atoms with van der Waals surface area (Å²) >= 11 is 20.9. The Morgan fingerprint density at radius 2 is 0.936 bits per heavy atom. The van der Waals surface area contributed by atoms with Gasteiger partial charge in [0.05, 0.1) is 18.0 Å². The van der Waals surface area contributed by atoms with Gasteiger partial charge in [-0.05, 0) is 155 Å². The van der Waals surface area contributed by atoms with Crippen LogP contribution in [0.25, 0.3) is 31.3 Å². The first-order chi connectivity index (χ1) is 22.1. The van der Waals surface area contributed by atoms with Crippen molar-refractivity contribution >= 4 is 115 Å². The summed E-state index contributed by atoms with van der Waals surface area (Å²) in [5.74, 6) is 1.75. The van der Waals surface area contributed by atoms with E-state index in [1.165, 1.54) is 31.3 Å². The van der Waals surface area contributed by atoms with Gasteiger partial charge >= 0.3 is 7.12 Å². The van der Waals surface area contributed by atoms with Crippen molar-refractivity contribution < 1.29 is 19.5 Å². The number of methoxy groups -OCH3 is 2. The van der Waals surface area contributed by atoms with E-state index in [2.05, 4.69) is 140 Å². The predicted octanol–water partition coefficient (Wildman–Crippen LogP) is 12.3. The van der Waals surface area contributed by atoms with Gasteiger partial charge in [0.2, 0.25) is 0 Å². The summed E-state index contributed by atoms with van der Waals surface area (Å²) in [6.07, 6.45) is 0. The molecule has 0 saturated heterocycles. The molecule has 0 radical (unpaired) electrons. The summed E-state index contributed by atoms with van der Waals surface area (Å²) in [5, 5.41) is 17.3. The molecule has 0 fully saturated rings. The molecule has 4 nitrogen and oxygen atoms in total. The molecule has 0 aliphatic heterocycles. The van der Waals surface area contributed by atoms with E-state index in [9.17, 15) is 0 Å². The molecule has 2 aromatic heterocycles. The minimum Gasteiger partial charge on any atom is -0.497 e. The Kier molecular flexibility index (Phi) is 16.4. The summed E-state index contributed by atoms with van der Waals surface area (Å²) < 4.78 is 15.7. The number of halogens is 5. The lowest BCUT2D eigenvalue weighted by Crippen LogP contribution is -2.29. The van der Waals surface area contributed by atoms with Crippen molar-refractivity contribution in [2.24, 2.45) is 0 Å². The summed E-state index contributed by atoms with van der Waals surface area (Å²) in [5.41, 5.74) is 4.11. The standard InChI is InChI=1S/C17H12Br2OS.C11H8Br2OS.C6H6BBrO2.CH4/c1-20-14-8-4-12(5-9-14)17-15(19)10-16(21-17)11-2-6-13(18)7-3-11;1-14-8-4-2-7(3-5-8)11-9(12)6-10(13)15-11;8-6-3-1-5(2-4-6)7(9)10;/h2-10H,1H3;2-6H,1H3;1-4,9-10H;1H4. The smallest absolute Gasteiger partial charge is 0.488 e. The zero-order valence-electron chi connectivity index (χ0n) is 24.4. The third kappa shape index (κ3) is 11.7. The lowest BCUT2D eigenvalue weighted by atomic mass is 9.81. The summed E-state index contributed by atoms with van der Waals surface area (Å²) in [6, 6.07) is 35.6. The highest BCUT2D eigenvalue weighted by Gasteiger charge is 2.11. The molecule has 0 aliphatic rings. The van der Waals surface area contributed by atoms with Crippen LogP contribution in [0.4, 0.5) is 0 Å². The van der Waals surface area contributed by atoms with Crippen LogP contribution >= 0.6 is 102 Å². The Hall–Kier alpha value is -1.74. The maximum atomic E-state index is 8.65. The second-order valence-corrected chi connectivity index (χ2v) is 16.4. The van der Waals surface area contributed by atoms with Crippen LogP contribution in [0.15, 0.2) is 131 Å². The fourth-order valence-corrected chi connectivity index (χ4v) is 9.08. The molecular weight excluding hydrogens is 959 g/mol. The van der Waals surface area contributed by atoms with Crippen LogP contribution in [0.2, 0.25) is 0 Å². The van der Waals surface area contributed by atoms with E-state index in [0.29, 0.717) is 5.46 Å². The summed E-state index contributed by atoms with van der Waals surface area (Å²) in [4.78, 5) is 3.71. The zero-order chi connectivity index (χ0) is 33.2. The molecule has 4 aromatic carbocycles. The van der Waals surface area contributed by atoms with Crippen molar-refractivity contribution in [3.8, 4) is 42.8 Å². The monoisotopic (exact) mass is 984 g/mol. The average molecular weight is 989 g/mol. The van der Waals surface area contributed by atoms with Crippen molar-refractivity contribution in [2.45, 2.75) is 7.43 Å². The van der Waals surface area contributed by atoms with Crippen LogP contribution in [-0.2, 0) is 0 Å². The van der Waals surface area contributed by atoms with Gasteiger partial charge < -0.3 is 19.5 Å². The van der Waals surface area contributed by atoms with E-state index in [0.717, 1.165) is 33.2 Å². The Bertz CT molecular complexity index is 1820. The molecule has 0 amide bonds. The Morgan fingerprint density at radius 3 is 1.34 bits per heavy atom. The molecule has 0 spiro atoms. The van der Waals surface area contributed by atoms with Crippen LogP contribution < -0.4 is 14.9 Å². The highest BCUT2D eigenvalue weighted by molar-refractivity contribution is 9.11. The predicted molar refractivity (Wildman–Crippen MR) is 220 cm³/mol. The molecule has 6 aromatic rings. The van der Waals surface area contributed by atoms with E-state index in [1.54, 1.807) is 61.2 Å². The first-order valence-electron chi connectivity index (χ1n) is 13.5. The summed E-state index contributed by atoms with van der Waals surface area (Å²) in [7, 11) is 1.99. The fraction of sp³-hybridized carbons (Fsp3) is 0.0857. The van der Waals surface area contributed by atoms with Gasteiger partial charge in [-0.25, -0.2) is 0 Å². The highest BCUT2D eigenvalue weighted by Crippen LogP contribution is 2.42. The second kappa shape index (κ2) is 19.5. The highest BCUT2D eigenvalue weighted by atomic mass is 79.9. The molecule has 6 rings (SSSR count). The van der Waals surface area contributed by atoms with E-state index >= 15 is 0 Å². The average Bonchev–Trinajstić information content (AvgIpc) is 3.62. The van der Waals surface area contributed by atoms with Crippen LogP contribution in [0.5, 0.6) is 11.5 Å². The molecule has 0 unspecified atom stereocenters. The Morgan fingerprint density at radius 1 is 0.532 bits per heavy atom. The maximum absolute atomic E-state index is 8.65. The molecule has 0 saturated carbocycles. The Balaban J connectivity index is 0.000000203. The molecule has 12 heteroatoms. The van der Waals surface area contributed by atoms with Crippen LogP contribution in [0, 0.1) is 0 Å². The third-order valence-electron chi connectivity index (χ3n) is 6.34. The number of benzene rings is 4. The van der Waals surface area contributed by atoms with Crippen LogP contribution in [0.1, 0.15) is 7.43 Å². The number of ether oxygens (including phenoxy) is 2. The molecule has 2 heterocycles. The number of thiophene rings is 2. The second-order valence-electron chi connectivity index (χ2n) is 9.40.